The fraction of sp³-hybridized carbons (Fsp3) is 0.105. The van der Waals surface area contributed by atoms with Gasteiger partial charge in [-0.05, 0) is 36.4 Å². The van der Waals surface area contributed by atoms with Crippen molar-refractivity contribution in [1.29, 1.82) is 0 Å². The molecular formula is C19H15F3N4O2. The standard InChI is InChI=1S/C19H15F3N4O2/c1-28-16-4-2-3-15(9-16)26-18-23-10-12(11-24-18)17(27)25-14-7-5-13(6-8-14)19(20,21)22/h2-11H,1H3,(H,25,27)(H,23,24,26). The largest absolute Gasteiger partial charge is 0.497 e. The predicted molar refractivity (Wildman–Crippen MR) is 97.7 cm³/mol. The summed E-state index contributed by atoms with van der Waals surface area (Å²) < 4.78 is 42.8. The molecule has 2 N–H and O–H groups in total. The summed E-state index contributed by atoms with van der Waals surface area (Å²) in [6.07, 6.45) is -1.80. The maximum absolute atomic E-state index is 12.6. The summed E-state index contributed by atoms with van der Waals surface area (Å²) in [5, 5.41) is 5.47. The van der Waals surface area contributed by atoms with Crippen LogP contribution in [0.3, 0.4) is 0 Å². The molecule has 1 amide bonds. The van der Waals surface area contributed by atoms with Gasteiger partial charge in [0.05, 0.1) is 18.2 Å². The van der Waals surface area contributed by atoms with Crippen molar-refractivity contribution in [2.24, 2.45) is 0 Å². The number of nitrogens with zero attached hydrogens (tertiary/aromatic N) is 2. The first kappa shape index (κ1) is 19.2. The van der Waals surface area contributed by atoms with Crippen molar-refractivity contribution in [3.8, 4) is 5.75 Å². The van der Waals surface area contributed by atoms with Crippen LogP contribution in [0.25, 0.3) is 0 Å². The van der Waals surface area contributed by atoms with E-state index < -0.39 is 17.6 Å². The number of anilines is 3. The van der Waals surface area contributed by atoms with E-state index in [1.807, 2.05) is 0 Å². The number of nitrogens with one attached hydrogen (secondary N) is 2. The van der Waals surface area contributed by atoms with Crippen molar-refractivity contribution in [1.82, 2.24) is 9.97 Å². The fourth-order valence-electron chi connectivity index (χ4n) is 2.29. The van der Waals surface area contributed by atoms with Crippen molar-refractivity contribution in [2.45, 2.75) is 6.18 Å². The zero-order valence-electron chi connectivity index (χ0n) is 14.6. The van der Waals surface area contributed by atoms with E-state index >= 15 is 0 Å². The minimum absolute atomic E-state index is 0.163. The Morgan fingerprint density at radius 1 is 1.00 bits per heavy atom. The molecule has 3 rings (SSSR count). The minimum atomic E-state index is -4.43. The van der Waals surface area contributed by atoms with E-state index in [0.717, 1.165) is 12.1 Å². The maximum Gasteiger partial charge on any atom is 0.416 e. The number of ether oxygens (including phenoxy) is 1. The molecule has 0 atom stereocenters. The van der Waals surface area contributed by atoms with Gasteiger partial charge in [0.2, 0.25) is 5.95 Å². The summed E-state index contributed by atoms with van der Waals surface area (Å²) in [6.45, 7) is 0. The Morgan fingerprint density at radius 3 is 2.29 bits per heavy atom. The summed E-state index contributed by atoms with van der Waals surface area (Å²) in [7, 11) is 1.56. The van der Waals surface area contributed by atoms with Crippen LogP contribution in [-0.4, -0.2) is 23.0 Å². The van der Waals surface area contributed by atoms with Gasteiger partial charge in [0.25, 0.3) is 5.91 Å². The van der Waals surface area contributed by atoms with Crippen LogP contribution in [-0.2, 0) is 6.18 Å². The van der Waals surface area contributed by atoms with Gasteiger partial charge >= 0.3 is 6.18 Å². The lowest BCUT2D eigenvalue weighted by Crippen LogP contribution is -2.13. The summed E-state index contributed by atoms with van der Waals surface area (Å²) in [5.41, 5.74) is 0.316. The molecule has 0 aliphatic heterocycles. The normalized spacial score (nSPS) is 11.0. The van der Waals surface area contributed by atoms with Gasteiger partial charge in [0.15, 0.2) is 0 Å². The molecule has 0 aliphatic rings. The van der Waals surface area contributed by atoms with Crippen molar-refractivity contribution in [3.63, 3.8) is 0 Å². The van der Waals surface area contributed by atoms with E-state index in [1.54, 1.807) is 31.4 Å². The van der Waals surface area contributed by atoms with Crippen LogP contribution in [0.2, 0.25) is 0 Å². The average molecular weight is 388 g/mol. The molecule has 0 saturated carbocycles. The Bertz CT molecular complexity index is 958. The van der Waals surface area contributed by atoms with Crippen molar-refractivity contribution in [2.75, 3.05) is 17.7 Å². The van der Waals surface area contributed by atoms with Crippen LogP contribution < -0.4 is 15.4 Å². The zero-order valence-corrected chi connectivity index (χ0v) is 14.6. The summed E-state index contributed by atoms with van der Waals surface area (Å²) in [6, 6.07) is 11.3. The molecule has 0 bridgehead atoms. The molecule has 2 aromatic carbocycles. The van der Waals surface area contributed by atoms with Crippen LogP contribution in [0, 0.1) is 0 Å². The van der Waals surface area contributed by atoms with Crippen molar-refractivity contribution in [3.05, 3.63) is 72.1 Å². The number of hydrogen-bond donors (Lipinski definition) is 2. The quantitative estimate of drug-likeness (QED) is 0.673. The van der Waals surface area contributed by atoms with Gasteiger partial charge in [0.1, 0.15) is 5.75 Å². The second-order valence-electron chi connectivity index (χ2n) is 5.68. The Hall–Kier alpha value is -3.62. The number of benzene rings is 2. The summed E-state index contributed by atoms with van der Waals surface area (Å²) >= 11 is 0. The second-order valence-corrected chi connectivity index (χ2v) is 5.68. The number of rotatable bonds is 5. The number of methoxy groups -OCH3 is 1. The highest BCUT2D eigenvalue weighted by Gasteiger charge is 2.30. The third kappa shape index (κ3) is 4.76. The van der Waals surface area contributed by atoms with Crippen LogP contribution in [0.15, 0.2) is 60.9 Å². The first-order valence-corrected chi connectivity index (χ1v) is 8.07. The average Bonchev–Trinajstić information content (AvgIpc) is 2.68. The maximum atomic E-state index is 12.6. The number of carbonyl (C=O) groups excluding carboxylic acids is 1. The lowest BCUT2D eigenvalue weighted by molar-refractivity contribution is -0.137. The van der Waals surface area contributed by atoms with E-state index in [4.69, 9.17) is 4.74 Å². The van der Waals surface area contributed by atoms with Gasteiger partial charge in [0, 0.05) is 29.8 Å². The topological polar surface area (TPSA) is 76.1 Å². The predicted octanol–water partition coefficient (Wildman–Crippen LogP) is 4.50. The summed E-state index contributed by atoms with van der Waals surface area (Å²) in [4.78, 5) is 20.3. The Kier molecular flexibility index (Phi) is 5.44. The lowest BCUT2D eigenvalue weighted by atomic mass is 10.2. The Labute approximate surface area is 158 Å². The van der Waals surface area contributed by atoms with Gasteiger partial charge in [-0.25, -0.2) is 9.97 Å². The minimum Gasteiger partial charge on any atom is -0.497 e. The van der Waals surface area contributed by atoms with Gasteiger partial charge in [-0.3, -0.25) is 4.79 Å². The first-order chi connectivity index (χ1) is 13.3. The first-order valence-electron chi connectivity index (χ1n) is 8.07. The van der Waals surface area contributed by atoms with Crippen LogP contribution in [0.4, 0.5) is 30.5 Å². The van der Waals surface area contributed by atoms with E-state index in [0.29, 0.717) is 11.4 Å². The second kappa shape index (κ2) is 7.95. The summed E-state index contributed by atoms with van der Waals surface area (Å²) in [5.74, 6) is 0.407. The number of hydrogen-bond acceptors (Lipinski definition) is 5. The Balaban J connectivity index is 1.65. The number of amides is 1. The van der Waals surface area contributed by atoms with E-state index in [-0.39, 0.29) is 17.2 Å². The molecule has 1 aromatic heterocycles. The smallest absolute Gasteiger partial charge is 0.416 e. The highest BCUT2D eigenvalue weighted by Crippen LogP contribution is 2.29. The fourth-order valence-corrected chi connectivity index (χ4v) is 2.29. The monoisotopic (exact) mass is 388 g/mol. The number of alkyl halides is 3. The molecule has 144 valence electrons. The van der Waals surface area contributed by atoms with E-state index in [2.05, 4.69) is 20.6 Å². The van der Waals surface area contributed by atoms with Crippen molar-refractivity contribution >= 4 is 23.2 Å². The van der Waals surface area contributed by atoms with Gasteiger partial charge < -0.3 is 15.4 Å². The SMILES string of the molecule is COc1cccc(Nc2ncc(C(=O)Nc3ccc(C(F)(F)F)cc3)cn2)c1. The Morgan fingerprint density at radius 2 is 1.68 bits per heavy atom. The molecule has 0 unspecified atom stereocenters. The number of halogens is 3. The van der Waals surface area contributed by atoms with Gasteiger partial charge in [-0.15, -0.1) is 0 Å². The third-order valence-corrected chi connectivity index (χ3v) is 3.71. The third-order valence-electron chi connectivity index (χ3n) is 3.71. The van der Waals surface area contributed by atoms with Gasteiger partial charge in [-0.1, -0.05) is 6.07 Å². The molecule has 0 saturated heterocycles. The van der Waals surface area contributed by atoms with Crippen molar-refractivity contribution < 1.29 is 22.7 Å². The zero-order chi connectivity index (χ0) is 20.1. The number of aromatic nitrogens is 2. The highest BCUT2D eigenvalue weighted by molar-refractivity contribution is 6.03. The van der Waals surface area contributed by atoms with E-state index in [1.165, 1.54) is 24.5 Å². The van der Waals surface area contributed by atoms with E-state index in [9.17, 15) is 18.0 Å². The molecule has 0 aliphatic carbocycles. The molecule has 0 fully saturated rings. The van der Waals surface area contributed by atoms with Crippen LogP contribution in [0.5, 0.6) is 5.75 Å². The molecule has 6 nitrogen and oxygen atoms in total. The molecule has 0 spiro atoms. The van der Waals surface area contributed by atoms with Crippen LogP contribution >= 0.6 is 0 Å². The van der Waals surface area contributed by atoms with Crippen LogP contribution in [0.1, 0.15) is 15.9 Å². The number of carbonyl (C=O) groups is 1. The lowest BCUT2D eigenvalue weighted by Gasteiger charge is -2.09. The van der Waals surface area contributed by atoms with Gasteiger partial charge in [-0.2, -0.15) is 13.2 Å². The molecule has 28 heavy (non-hydrogen) atoms. The highest BCUT2D eigenvalue weighted by atomic mass is 19.4. The molecule has 3 aromatic rings. The molecule has 9 heteroatoms. The molecule has 1 heterocycles. The molecule has 0 radical (unpaired) electrons. The molecular weight excluding hydrogens is 373 g/mol.